The van der Waals surface area contributed by atoms with Crippen molar-refractivity contribution >= 4 is 11.0 Å². The van der Waals surface area contributed by atoms with E-state index in [1.807, 2.05) is 79.1 Å². The van der Waals surface area contributed by atoms with Gasteiger partial charge in [0.15, 0.2) is 0 Å². The first kappa shape index (κ1) is 18.0. The minimum atomic E-state index is 0.565. The summed E-state index contributed by atoms with van der Waals surface area (Å²) in [7, 11) is 0. The number of rotatable bonds is 7. The van der Waals surface area contributed by atoms with E-state index >= 15 is 0 Å². The monoisotopic (exact) mass is 396 g/mol. The topological polar surface area (TPSA) is 65.0 Å². The first-order chi connectivity index (χ1) is 14.8. The van der Waals surface area contributed by atoms with Crippen molar-refractivity contribution in [3.05, 3.63) is 91.4 Å². The zero-order valence-electron chi connectivity index (χ0n) is 16.2. The van der Waals surface area contributed by atoms with Gasteiger partial charge in [0.25, 0.3) is 0 Å². The van der Waals surface area contributed by atoms with Gasteiger partial charge in [-0.1, -0.05) is 12.1 Å². The molecule has 148 valence electrons. The minimum Gasteiger partial charge on any atom is -0.492 e. The Kier molecular flexibility index (Phi) is 4.88. The molecule has 2 heterocycles. The Bertz CT molecular complexity index is 1230. The van der Waals surface area contributed by atoms with E-state index in [0.717, 1.165) is 46.1 Å². The second-order valence-corrected chi connectivity index (χ2v) is 6.84. The molecule has 0 aliphatic carbocycles. The standard InChI is InChI=1S/C24H20N4O2/c1-2-4-24-23(3-1)25-17-28(24)15-16-29-19-9-11-21(12-10-19)30-20-7-5-18(6-8-20)22-13-14-26-27-22/h1-14,17H,15-16H2,(H,26,27). The van der Waals surface area contributed by atoms with E-state index < -0.39 is 0 Å². The summed E-state index contributed by atoms with van der Waals surface area (Å²) in [4.78, 5) is 4.40. The van der Waals surface area contributed by atoms with E-state index in [0.29, 0.717) is 6.61 Å². The number of benzene rings is 3. The summed E-state index contributed by atoms with van der Waals surface area (Å²) in [5.74, 6) is 2.34. The number of nitrogens with one attached hydrogen (secondary N) is 1. The van der Waals surface area contributed by atoms with Crippen LogP contribution in [-0.4, -0.2) is 26.4 Å². The maximum atomic E-state index is 5.92. The van der Waals surface area contributed by atoms with E-state index in [2.05, 4.69) is 25.8 Å². The average Bonchev–Trinajstić information content (AvgIpc) is 3.46. The molecule has 5 aromatic rings. The highest BCUT2D eigenvalue weighted by atomic mass is 16.5. The molecular weight excluding hydrogens is 376 g/mol. The number of H-pyrrole nitrogens is 1. The van der Waals surface area contributed by atoms with Crippen LogP contribution in [0.15, 0.2) is 91.4 Å². The van der Waals surface area contributed by atoms with Crippen LogP contribution in [0.1, 0.15) is 0 Å². The number of para-hydroxylation sites is 2. The number of nitrogens with zero attached hydrogens (tertiary/aromatic N) is 3. The van der Waals surface area contributed by atoms with Gasteiger partial charge in [-0.15, -0.1) is 0 Å². The highest BCUT2D eigenvalue weighted by molar-refractivity contribution is 5.74. The Morgan fingerprint density at radius 1 is 0.800 bits per heavy atom. The molecule has 30 heavy (non-hydrogen) atoms. The predicted molar refractivity (Wildman–Crippen MR) is 116 cm³/mol. The molecule has 1 N–H and O–H groups in total. The van der Waals surface area contributed by atoms with E-state index in [1.54, 1.807) is 6.20 Å². The molecule has 3 aromatic carbocycles. The third-order valence-electron chi connectivity index (χ3n) is 4.85. The van der Waals surface area contributed by atoms with E-state index in [4.69, 9.17) is 9.47 Å². The molecule has 0 aliphatic heterocycles. The lowest BCUT2D eigenvalue weighted by Crippen LogP contribution is -2.07. The van der Waals surface area contributed by atoms with Crippen LogP contribution in [-0.2, 0) is 6.54 Å². The summed E-state index contributed by atoms with van der Waals surface area (Å²) in [6.07, 6.45) is 3.59. The van der Waals surface area contributed by atoms with Gasteiger partial charge in [0.1, 0.15) is 23.9 Å². The third-order valence-corrected chi connectivity index (χ3v) is 4.85. The molecule has 0 saturated heterocycles. The molecule has 0 radical (unpaired) electrons. The molecule has 6 heteroatoms. The molecule has 6 nitrogen and oxygen atoms in total. The number of aromatic nitrogens is 4. The van der Waals surface area contributed by atoms with Crippen LogP contribution in [0.5, 0.6) is 17.2 Å². The molecule has 0 spiro atoms. The van der Waals surface area contributed by atoms with Gasteiger partial charge in [-0.2, -0.15) is 5.10 Å². The molecule has 0 saturated carbocycles. The summed E-state index contributed by atoms with van der Waals surface area (Å²) in [5.41, 5.74) is 4.15. The minimum absolute atomic E-state index is 0.565. The van der Waals surface area contributed by atoms with Gasteiger partial charge in [0, 0.05) is 6.20 Å². The first-order valence-electron chi connectivity index (χ1n) is 9.75. The zero-order valence-corrected chi connectivity index (χ0v) is 16.2. The Balaban J connectivity index is 1.16. The first-order valence-corrected chi connectivity index (χ1v) is 9.75. The van der Waals surface area contributed by atoms with Gasteiger partial charge in [-0.05, 0) is 72.3 Å². The van der Waals surface area contributed by atoms with Crippen molar-refractivity contribution in [3.63, 3.8) is 0 Å². The maximum Gasteiger partial charge on any atom is 0.127 e. The number of aromatic amines is 1. The second-order valence-electron chi connectivity index (χ2n) is 6.84. The van der Waals surface area contributed by atoms with Gasteiger partial charge in [0.2, 0.25) is 0 Å². The van der Waals surface area contributed by atoms with E-state index in [-0.39, 0.29) is 0 Å². The van der Waals surface area contributed by atoms with E-state index in [9.17, 15) is 0 Å². The molecular formula is C24H20N4O2. The molecule has 0 fully saturated rings. The summed E-state index contributed by atoms with van der Waals surface area (Å²) in [5, 5.41) is 6.93. The van der Waals surface area contributed by atoms with Crippen LogP contribution in [0.2, 0.25) is 0 Å². The fraction of sp³-hybridized carbons (Fsp3) is 0.0833. The Hall–Kier alpha value is -4.06. The van der Waals surface area contributed by atoms with Crippen LogP contribution in [0.3, 0.4) is 0 Å². The lowest BCUT2D eigenvalue weighted by molar-refractivity contribution is 0.299. The van der Waals surface area contributed by atoms with Gasteiger partial charge < -0.3 is 14.0 Å². The quantitative estimate of drug-likeness (QED) is 0.406. The van der Waals surface area contributed by atoms with E-state index in [1.165, 1.54) is 0 Å². The molecule has 0 aliphatic rings. The van der Waals surface area contributed by atoms with Crippen molar-refractivity contribution in [1.29, 1.82) is 0 Å². The predicted octanol–water partition coefficient (Wildman–Crippen LogP) is 5.30. The van der Waals surface area contributed by atoms with Crippen LogP contribution in [0, 0.1) is 0 Å². The van der Waals surface area contributed by atoms with Crippen molar-refractivity contribution < 1.29 is 9.47 Å². The smallest absolute Gasteiger partial charge is 0.127 e. The Morgan fingerprint density at radius 3 is 2.30 bits per heavy atom. The maximum absolute atomic E-state index is 5.92. The van der Waals surface area contributed by atoms with Gasteiger partial charge in [0.05, 0.1) is 29.6 Å². The number of ether oxygens (including phenoxy) is 2. The largest absolute Gasteiger partial charge is 0.492 e. The van der Waals surface area contributed by atoms with Gasteiger partial charge >= 0.3 is 0 Å². The molecule has 0 amide bonds. The fourth-order valence-corrected chi connectivity index (χ4v) is 3.31. The average molecular weight is 396 g/mol. The second kappa shape index (κ2) is 8.13. The number of hydrogen-bond donors (Lipinski definition) is 1. The summed E-state index contributed by atoms with van der Waals surface area (Å²) < 4.78 is 13.9. The molecule has 5 rings (SSSR count). The van der Waals surface area contributed by atoms with Crippen LogP contribution >= 0.6 is 0 Å². The highest BCUT2D eigenvalue weighted by Gasteiger charge is 2.03. The van der Waals surface area contributed by atoms with Crippen molar-refractivity contribution in [2.24, 2.45) is 0 Å². The normalized spacial score (nSPS) is 10.9. The lowest BCUT2D eigenvalue weighted by Gasteiger charge is -2.10. The number of imidazole rings is 1. The summed E-state index contributed by atoms with van der Waals surface area (Å²) >= 11 is 0. The van der Waals surface area contributed by atoms with Crippen molar-refractivity contribution in [3.8, 4) is 28.5 Å². The Morgan fingerprint density at radius 2 is 1.53 bits per heavy atom. The fourth-order valence-electron chi connectivity index (χ4n) is 3.31. The summed E-state index contributed by atoms with van der Waals surface area (Å²) in [6, 6.07) is 25.6. The summed E-state index contributed by atoms with van der Waals surface area (Å²) in [6.45, 7) is 1.30. The van der Waals surface area contributed by atoms with Gasteiger partial charge in [-0.25, -0.2) is 4.98 Å². The lowest BCUT2D eigenvalue weighted by atomic mass is 10.1. The van der Waals surface area contributed by atoms with Gasteiger partial charge in [-0.3, -0.25) is 5.10 Å². The third kappa shape index (κ3) is 3.89. The molecule has 0 unspecified atom stereocenters. The van der Waals surface area contributed by atoms with Crippen LogP contribution in [0.25, 0.3) is 22.3 Å². The molecule has 0 atom stereocenters. The highest BCUT2D eigenvalue weighted by Crippen LogP contribution is 2.26. The van der Waals surface area contributed by atoms with Crippen LogP contribution < -0.4 is 9.47 Å². The molecule has 2 aromatic heterocycles. The molecule has 0 bridgehead atoms. The SMILES string of the molecule is c1ccc2c(c1)ncn2CCOc1ccc(Oc2ccc(-c3ccn[nH]3)cc2)cc1. The van der Waals surface area contributed by atoms with Crippen molar-refractivity contribution in [1.82, 2.24) is 19.7 Å². The zero-order chi connectivity index (χ0) is 20.2. The van der Waals surface area contributed by atoms with Crippen molar-refractivity contribution in [2.45, 2.75) is 6.54 Å². The Labute approximate surface area is 173 Å². The number of fused-ring (bicyclic) bond motifs is 1. The van der Waals surface area contributed by atoms with Crippen LogP contribution in [0.4, 0.5) is 0 Å². The number of hydrogen-bond acceptors (Lipinski definition) is 4. The van der Waals surface area contributed by atoms with Crippen molar-refractivity contribution in [2.75, 3.05) is 6.61 Å².